The molecular weight excluding hydrogens is 318 g/mol. The number of hydrogen-bond acceptors (Lipinski definition) is 4. The Morgan fingerprint density at radius 3 is 2.17 bits per heavy atom. The second-order valence-electron chi connectivity index (χ2n) is 5.68. The van der Waals surface area contributed by atoms with Crippen molar-refractivity contribution in [3.05, 3.63) is 0 Å². The summed E-state index contributed by atoms with van der Waals surface area (Å²) in [7, 11) is -3.16. The molecule has 1 N–H and O–H groups in total. The van der Waals surface area contributed by atoms with Crippen LogP contribution in [0.3, 0.4) is 0 Å². The fraction of sp³-hybridized carbons (Fsp3) is 0.867. The highest BCUT2D eigenvalue weighted by atomic mass is 32.2. The summed E-state index contributed by atoms with van der Waals surface area (Å²) in [6.07, 6.45) is 1.38. The number of nitrogens with zero attached hydrogens (tertiary/aromatic N) is 2. The lowest BCUT2D eigenvalue weighted by atomic mass is 9.97. The maximum absolute atomic E-state index is 12.1. The number of nitrogens with one attached hydrogen (secondary N) is 1. The summed E-state index contributed by atoms with van der Waals surface area (Å²) in [5, 5.41) is 2.80. The van der Waals surface area contributed by atoms with E-state index in [0.29, 0.717) is 52.0 Å². The molecule has 1 heterocycles. The van der Waals surface area contributed by atoms with Gasteiger partial charge in [-0.3, -0.25) is 9.59 Å². The molecule has 0 bridgehead atoms. The average Bonchev–Trinajstić information content (AvgIpc) is 2.56. The van der Waals surface area contributed by atoms with Crippen LogP contribution in [0.2, 0.25) is 0 Å². The molecule has 8 heteroatoms. The van der Waals surface area contributed by atoms with Crippen molar-refractivity contribution in [2.24, 2.45) is 5.92 Å². The Kier molecular flexibility index (Phi) is 7.98. The molecule has 1 aliphatic rings. The molecule has 0 aromatic carbocycles. The van der Waals surface area contributed by atoms with Crippen molar-refractivity contribution >= 4 is 21.8 Å². The first kappa shape index (κ1) is 19.9. The Bertz CT molecular complexity index is 495. The lowest BCUT2D eigenvalue weighted by molar-refractivity contribution is -0.131. The van der Waals surface area contributed by atoms with Crippen molar-refractivity contribution in [1.29, 1.82) is 0 Å². The fourth-order valence-electron chi connectivity index (χ4n) is 2.75. The zero-order valence-electron chi connectivity index (χ0n) is 14.4. The van der Waals surface area contributed by atoms with Crippen LogP contribution >= 0.6 is 0 Å². The zero-order chi connectivity index (χ0) is 17.5. The predicted molar refractivity (Wildman–Crippen MR) is 89.3 cm³/mol. The summed E-state index contributed by atoms with van der Waals surface area (Å²) in [6.45, 7) is 7.96. The van der Waals surface area contributed by atoms with Crippen molar-refractivity contribution in [3.8, 4) is 0 Å². The Morgan fingerprint density at radius 2 is 1.70 bits per heavy atom. The predicted octanol–water partition coefficient (Wildman–Crippen LogP) is 0.423. The molecule has 1 rings (SSSR count). The van der Waals surface area contributed by atoms with Gasteiger partial charge in [-0.25, -0.2) is 12.7 Å². The first-order chi connectivity index (χ1) is 10.9. The third kappa shape index (κ3) is 5.76. The van der Waals surface area contributed by atoms with E-state index in [9.17, 15) is 18.0 Å². The van der Waals surface area contributed by atoms with E-state index in [0.717, 1.165) is 0 Å². The highest BCUT2D eigenvalue weighted by Crippen LogP contribution is 2.19. The topological polar surface area (TPSA) is 86.8 Å². The second-order valence-corrected chi connectivity index (χ2v) is 7.94. The van der Waals surface area contributed by atoms with E-state index in [1.807, 2.05) is 13.8 Å². The van der Waals surface area contributed by atoms with Crippen LogP contribution in [0, 0.1) is 5.92 Å². The lowest BCUT2D eigenvalue weighted by Crippen LogP contribution is -2.44. The minimum Gasteiger partial charge on any atom is -0.355 e. The quantitative estimate of drug-likeness (QED) is 0.689. The molecule has 1 fully saturated rings. The van der Waals surface area contributed by atoms with Gasteiger partial charge in [0.1, 0.15) is 0 Å². The number of piperidine rings is 1. The maximum atomic E-state index is 12.1. The van der Waals surface area contributed by atoms with Crippen LogP contribution in [0.25, 0.3) is 0 Å². The molecule has 0 aliphatic carbocycles. The van der Waals surface area contributed by atoms with Gasteiger partial charge < -0.3 is 10.2 Å². The van der Waals surface area contributed by atoms with E-state index in [2.05, 4.69) is 5.32 Å². The number of rotatable bonds is 8. The Hall–Kier alpha value is -1.15. The Morgan fingerprint density at radius 1 is 1.13 bits per heavy atom. The Labute approximate surface area is 139 Å². The normalized spacial score (nSPS) is 17.0. The van der Waals surface area contributed by atoms with Crippen LogP contribution in [0.1, 0.15) is 40.0 Å². The largest absolute Gasteiger partial charge is 0.355 e. The van der Waals surface area contributed by atoms with E-state index < -0.39 is 10.0 Å². The third-order valence-corrected chi connectivity index (χ3v) is 6.22. The van der Waals surface area contributed by atoms with Gasteiger partial charge in [0, 0.05) is 45.1 Å². The average molecular weight is 347 g/mol. The highest BCUT2D eigenvalue weighted by molar-refractivity contribution is 7.89. The SMILES string of the molecule is CCN(CC)C(=O)CCNC(=O)C1CCN(S(=O)(=O)CC)CC1. The van der Waals surface area contributed by atoms with Crippen LogP contribution in [0.5, 0.6) is 0 Å². The van der Waals surface area contributed by atoms with Crippen molar-refractivity contribution in [1.82, 2.24) is 14.5 Å². The van der Waals surface area contributed by atoms with E-state index in [-0.39, 0.29) is 23.5 Å². The van der Waals surface area contributed by atoms with Gasteiger partial charge in [0.05, 0.1) is 5.75 Å². The van der Waals surface area contributed by atoms with Gasteiger partial charge in [-0.15, -0.1) is 0 Å². The minimum absolute atomic E-state index is 0.0409. The monoisotopic (exact) mass is 347 g/mol. The van der Waals surface area contributed by atoms with E-state index >= 15 is 0 Å². The smallest absolute Gasteiger partial charge is 0.224 e. The van der Waals surface area contributed by atoms with E-state index in [4.69, 9.17) is 0 Å². The standard InChI is InChI=1S/C15H29N3O4S/c1-4-17(5-2)14(19)7-10-16-15(20)13-8-11-18(12-9-13)23(21,22)6-3/h13H,4-12H2,1-3H3,(H,16,20). The molecule has 1 saturated heterocycles. The van der Waals surface area contributed by atoms with E-state index in [1.165, 1.54) is 4.31 Å². The summed E-state index contributed by atoms with van der Waals surface area (Å²) < 4.78 is 25.0. The highest BCUT2D eigenvalue weighted by Gasteiger charge is 2.30. The van der Waals surface area contributed by atoms with Crippen LogP contribution in [0.15, 0.2) is 0 Å². The molecule has 7 nitrogen and oxygen atoms in total. The van der Waals surface area contributed by atoms with Crippen LogP contribution < -0.4 is 5.32 Å². The van der Waals surface area contributed by atoms with Gasteiger partial charge in [-0.1, -0.05) is 0 Å². The molecule has 0 unspecified atom stereocenters. The summed E-state index contributed by atoms with van der Waals surface area (Å²) in [6, 6.07) is 0. The molecular formula is C15H29N3O4S. The molecule has 0 atom stereocenters. The van der Waals surface area contributed by atoms with Crippen molar-refractivity contribution < 1.29 is 18.0 Å². The summed E-state index contributed by atoms with van der Waals surface area (Å²) in [5.41, 5.74) is 0. The van der Waals surface area contributed by atoms with Crippen LogP contribution in [-0.4, -0.2) is 67.9 Å². The van der Waals surface area contributed by atoms with Gasteiger partial charge in [-0.2, -0.15) is 0 Å². The van der Waals surface area contributed by atoms with Crippen LogP contribution in [0.4, 0.5) is 0 Å². The molecule has 23 heavy (non-hydrogen) atoms. The number of sulfonamides is 1. The summed E-state index contributed by atoms with van der Waals surface area (Å²) in [5.74, 6) is -0.107. The van der Waals surface area contributed by atoms with Crippen molar-refractivity contribution in [3.63, 3.8) is 0 Å². The molecule has 134 valence electrons. The number of hydrogen-bond donors (Lipinski definition) is 1. The number of amides is 2. The summed E-state index contributed by atoms with van der Waals surface area (Å²) >= 11 is 0. The molecule has 0 radical (unpaired) electrons. The number of carbonyl (C=O) groups excluding carboxylic acids is 2. The molecule has 0 spiro atoms. The van der Waals surface area contributed by atoms with Crippen LogP contribution in [-0.2, 0) is 19.6 Å². The zero-order valence-corrected chi connectivity index (χ0v) is 15.2. The van der Waals surface area contributed by atoms with Gasteiger partial charge in [-0.05, 0) is 33.6 Å². The maximum Gasteiger partial charge on any atom is 0.224 e. The molecule has 0 aromatic rings. The van der Waals surface area contributed by atoms with Crippen molar-refractivity contribution in [2.45, 2.75) is 40.0 Å². The number of carbonyl (C=O) groups is 2. The van der Waals surface area contributed by atoms with Gasteiger partial charge in [0.25, 0.3) is 0 Å². The third-order valence-electron chi connectivity index (χ3n) is 4.34. The summed E-state index contributed by atoms with van der Waals surface area (Å²) in [4.78, 5) is 25.7. The second kappa shape index (κ2) is 9.22. The van der Waals surface area contributed by atoms with E-state index in [1.54, 1.807) is 11.8 Å². The first-order valence-electron chi connectivity index (χ1n) is 8.38. The van der Waals surface area contributed by atoms with Gasteiger partial charge >= 0.3 is 0 Å². The van der Waals surface area contributed by atoms with Crippen molar-refractivity contribution in [2.75, 3.05) is 38.5 Å². The Balaban J connectivity index is 2.34. The van der Waals surface area contributed by atoms with Gasteiger partial charge in [0.2, 0.25) is 21.8 Å². The minimum atomic E-state index is -3.16. The molecule has 2 amide bonds. The van der Waals surface area contributed by atoms with Gasteiger partial charge in [0.15, 0.2) is 0 Å². The molecule has 1 aliphatic heterocycles. The first-order valence-corrected chi connectivity index (χ1v) is 9.99. The fourth-order valence-corrected chi connectivity index (χ4v) is 3.88. The molecule has 0 aromatic heterocycles. The molecule has 0 saturated carbocycles. The lowest BCUT2D eigenvalue weighted by Gasteiger charge is -2.30.